The fourth-order valence-electron chi connectivity index (χ4n) is 1.96. The first-order valence-electron chi connectivity index (χ1n) is 5.54. The number of nitrogens with zero attached hydrogens (tertiary/aromatic N) is 2. The predicted octanol–water partition coefficient (Wildman–Crippen LogP) is 4.12. The van der Waals surface area contributed by atoms with Gasteiger partial charge in [-0.05, 0) is 40.3 Å². The lowest BCUT2D eigenvalue weighted by Gasteiger charge is -2.37. The molecule has 2 heterocycles. The Labute approximate surface area is 110 Å². The molecule has 0 saturated carbocycles. The summed E-state index contributed by atoms with van der Waals surface area (Å²) in [7, 11) is 0. The van der Waals surface area contributed by atoms with Crippen molar-refractivity contribution in [3.8, 4) is 0 Å². The molecule has 0 amide bonds. The van der Waals surface area contributed by atoms with Gasteiger partial charge in [-0.15, -0.1) is 0 Å². The Morgan fingerprint density at radius 3 is 2.56 bits per heavy atom. The fourth-order valence-corrected chi connectivity index (χ4v) is 2.85. The van der Waals surface area contributed by atoms with Crippen molar-refractivity contribution in [3.05, 3.63) is 21.8 Å². The molecule has 1 fully saturated rings. The van der Waals surface area contributed by atoms with E-state index in [1.165, 1.54) is 12.8 Å². The van der Waals surface area contributed by atoms with Gasteiger partial charge in [-0.3, -0.25) is 0 Å². The van der Waals surface area contributed by atoms with Crippen molar-refractivity contribution in [1.29, 1.82) is 0 Å². The van der Waals surface area contributed by atoms with E-state index in [0.717, 1.165) is 23.4 Å². The minimum atomic E-state index is 0.468. The average molecular weight is 304 g/mol. The van der Waals surface area contributed by atoms with Crippen LogP contribution in [0, 0.1) is 5.41 Å². The average Bonchev–Trinajstić information content (AvgIpc) is 2.19. The zero-order chi connectivity index (χ0) is 11.8. The van der Waals surface area contributed by atoms with Crippen molar-refractivity contribution in [2.24, 2.45) is 5.41 Å². The van der Waals surface area contributed by atoms with Gasteiger partial charge in [0.15, 0.2) is 0 Å². The van der Waals surface area contributed by atoms with E-state index in [2.05, 4.69) is 39.7 Å². The van der Waals surface area contributed by atoms with E-state index in [4.69, 9.17) is 11.6 Å². The van der Waals surface area contributed by atoms with Gasteiger partial charge in [0.2, 0.25) is 0 Å². The summed E-state index contributed by atoms with van der Waals surface area (Å²) in [6.07, 6.45) is 4.13. The fraction of sp³-hybridized carbons (Fsp3) is 0.583. The molecular formula is C12H16BrClN2. The van der Waals surface area contributed by atoms with Crippen molar-refractivity contribution in [1.82, 2.24) is 4.98 Å². The summed E-state index contributed by atoms with van der Waals surface area (Å²) >= 11 is 9.41. The van der Waals surface area contributed by atoms with Gasteiger partial charge in [-0.1, -0.05) is 25.4 Å². The lowest BCUT2D eigenvalue weighted by molar-refractivity contribution is 0.279. The molecule has 0 unspecified atom stereocenters. The maximum absolute atomic E-state index is 5.89. The van der Waals surface area contributed by atoms with Crippen LogP contribution in [0.5, 0.6) is 0 Å². The van der Waals surface area contributed by atoms with Crippen LogP contribution in [0.25, 0.3) is 0 Å². The number of hydrogen-bond donors (Lipinski definition) is 0. The van der Waals surface area contributed by atoms with Crippen molar-refractivity contribution in [3.63, 3.8) is 0 Å². The monoisotopic (exact) mass is 302 g/mol. The molecule has 2 rings (SSSR count). The third kappa shape index (κ3) is 2.69. The number of halogens is 2. The molecule has 4 heteroatoms. The maximum atomic E-state index is 5.89. The van der Waals surface area contributed by atoms with Crippen molar-refractivity contribution in [2.75, 3.05) is 18.0 Å². The first-order chi connectivity index (χ1) is 7.48. The molecule has 1 aliphatic heterocycles. The van der Waals surface area contributed by atoms with E-state index in [0.29, 0.717) is 10.4 Å². The molecule has 1 aromatic rings. The highest BCUT2D eigenvalue weighted by molar-refractivity contribution is 9.10. The van der Waals surface area contributed by atoms with E-state index in [1.807, 2.05) is 6.07 Å². The highest BCUT2D eigenvalue weighted by Gasteiger charge is 2.26. The molecule has 0 N–H and O–H groups in total. The number of aromatic nitrogens is 1. The highest BCUT2D eigenvalue weighted by atomic mass is 79.9. The molecular weight excluding hydrogens is 288 g/mol. The quantitative estimate of drug-likeness (QED) is 0.775. The topological polar surface area (TPSA) is 16.1 Å². The minimum absolute atomic E-state index is 0.468. The van der Waals surface area contributed by atoms with E-state index in [-0.39, 0.29) is 0 Å². The minimum Gasteiger partial charge on any atom is -0.356 e. The maximum Gasteiger partial charge on any atom is 0.142 e. The lowest BCUT2D eigenvalue weighted by atomic mass is 9.83. The molecule has 2 nitrogen and oxygen atoms in total. The lowest BCUT2D eigenvalue weighted by Crippen LogP contribution is -2.37. The third-order valence-electron chi connectivity index (χ3n) is 3.20. The summed E-state index contributed by atoms with van der Waals surface area (Å²) < 4.78 is 0.986. The smallest absolute Gasteiger partial charge is 0.142 e. The van der Waals surface area contributed by atoms with E-state index in [1.54, 1.807) is 6.20 Å². The molecule has 0 radical (unpaired) electrons. The van der Waals surface area contributed by atoms with E-state index < -0.39 is 0 Å². The first-order valence-corrected chi connectivity index (χ1v) is 6.71. The Balaban J connectivity index is 2.14. The normalized spacial score (nSPS) is 19.9. The Bertz CT molecular complexity index is 383. The molecule has 0 aliphatic carbocycles. The van der Waals surface area contributed by atoms with Gasteiger partial charge in [0.05, 0.1) is 9.50 Å². The Hall–Kier alpha value is -0.280. The van der Waals surface area contributed by atoms with Gasteiger partial charge in [0.1, 0.15) is 5.82 Å². The zero-order valence-corrected chi connectivity index (χ0v) is 12.0. The van der Waals surface area contributed by atoms with Crippen LogP contribution >= 0.6 is 27.5 Å². The standard InChI is InChI=1S/C12H16BrClN2/c1-12(2)3-5-16(6-4-12)11-10(13)7-9(14)8-15-11/h7-8H,3-6H2,1-2H3. The van der Waals surface area contributed by atoms with Gasteiger partial charge in [0, 0.05) is 19.3 Å². The largest absolute Gasteiger partial charge is 0.356 e. The second-order valence-corrected chi connectivity index (χ2v) is 6.40. The van der Waals surface area contributed by atoms with Crippen molar-refractivity contribution >= 4 is 33.3 Å². The number of hydrogen-bond acceptors (Lipinski definition) is 2. The molecule has 0 bridgehead atoms. The molecule has 0 atom stereocenters. The van der Waals surface area contributed by atoms with E-state index in [9.17, 15) is 0 Å². The highest BCUT2D eigenvalue weighted by Crippen LogP contribution is 2.34. The Kier molecular flexibility index (Phi) is 3.45. The van der Waals surface area contributed by atoms with Gasteiger partial charge in [-0.2, -0.15) is 0 Å². The van der Waals surface area contributed by atoms with Crippen molar-refractivity contribution in [2.45, 2.75) is 26.7 Å². The van der Waals surface area contributed by atoms with Crippen LogP contribution in [-0.4, -0.2) is 18.1 Å². The first kappa shape index (κ1) is 12.2. The second kappa shape index (κ2) is 4.53. The molecule has 0 spiro atoms. The number of pyridine rings is 1. The molecule has 1 aromatic heterocycles. The molecule has 88 valence electrons. The van der Waals surface area contributed by atoms with Crippen LogP contribution in [0.2, 0.25) is 5.02 Å². The van der Waals surface area contributed by atoms with Gasteiger partial charge >= 0.3 is 0 Å². The third-order valence-corrected chi connectivity index (χ3v) is 4.00. The van der Waals surface area contributed by atoms with Crippen LogP contribution < -0.4 is 4.90 Å². The molecule has 0 aromatic carbocycles. The van der Waals surface area contributed by atoms with Crippen molar-refractivity contribution < 1.29 is 0 Å². The Morgan fingerprint density at radius 1 is 1.38 bits per heavy atom. The zero-order valence-electron chi connectivity index (χ0n) is 9.63. The second-order valence-electron chi connectivity index (χ2n) is 5.11. The summed E-state index contributed by atoms with van der Waals surface area (Å²) in [4.78, 5) is 6.72. The van der Waals surface area contributed by atoms with Crippen LogP contribution in [0.4, 0.5) is 5.82 Å². The molecule has 16 heavy (non-hydrogen) atoms. The summed E-state index contributed by atoms with van der Waals surface area (Å²) in [6.45, 7) is 6.80. The van der Waals surface area contributed by atoms with Crippen LogP contribution in [0.1, 0.15) is 26.7 Å². The predicted molar refractivity (Wildman–Crippen MR) is 72.2 cm³/mol. The molecule has 1 saturated heterocycles. The van der Waals surface area contributed by atoms with Gasteiger partial charge in [0.25, 0.3) is 0 Å². The molecule has 1 aliphatic rings. The van der Waals surface area contributed by atoms with Gasteiger partial charge in [-0.25, -0.2) is 4.98 Å². The summed E-state index contributed by atoms with van der Waals surface area (Å²) in [5, 5.41) is 0.674. The SMILES string of the molecule is CC1(C)CCN(c2ncc(Cl)cc2Br)CC1. The summed E-state index contributed by atoms with van der Waals surface area (Å²) in [6, 6.07) is 1.91. The number of piperidine rings is 1. The number of anilines is 1. The summed E-state index contributed by atoms with van der Waals surface area (Å²) in [5.74, 6) is 1.01. The van der Waals surface area contributed by atoms with Crippen LogP contribution in [0.3, 0.4) is 0 Å². The number of rotatable bonds is 1. The van der Waals surface area contributed by atoms with Crippen LogP contribution in [0.15, 0.2) is 16.7 Å². The van der Waals surface area contributed by atoms with Crippen LogP contribution in [-0.2, 0) is 0 Å². The Morgan fingerprint density at radius 2 is 2.00 bits per heavy atom. The van der Waals surface area contributed by atoms with E-state index >= 15 is 0 Å². The van der Waals surface area contributed by atoms with Gasteiger partial charge < -0.3 is 4.90 Å². The summed E-state index contributed by atoms with van der Waals surface area (Å²) in [5.41, 5.74) is 0.468.